The SMILES string of the molecule is CCNC(c1ccn(C)n1)c1cc2cc(F)ccc2o1. The Balaban J connectivity index is 2.04. The number of nitrogens with one attached hydrogen (secondary N) is 1. The van der Waals surface area contributed by atoms with Crippen molar-refractivity contribution < 1.29 is 8.81 Å². The van der Waals surface area contributed by atoms with Gasteiger partial charge in [-0.1, -0.05) is 6.92 Å². The van der Waals surface area contributed by atoms with Crippen molar-refractivity contribution in [3.8, 4) is 0 Å². The van der Waals surface area contributed by atoms with Gasteiger partial charge in [0.05, 0.1) is 5.69 Å². The molecule has 3 rings (SSSR count). The fourth-order valence-electron chi connectivity index (χ4n) is 2.32. The molecule has 0 aliphatic heterocycles. The number of furan rings is 1. The molecule has 0 spiro atoms. The zero-order valence-electron chi connectivity index (χ0n) is 11.4. The first-order chi connectivity index (χ1) is 9.67. The van der Waals surface area contributed by atoms with Crippen LogP contribution in [0.15, 0.2) is 40.9 Å². The van der Waals surface area contributed by atoms with Crippen LogP contribution in [0.4, 0.5) is 4.39 Å². The summed E-state index contributed by atoms with van der Waals surface area (Å²) in [5.41, 5.74) is 1.56. The third-order valence-corrected chi connectivity index (χ3v) is 3.22. The molecule has 20 heavy (non-hydrogen) atoms. The van der Waals surface area contributed by atoms with Crippen LogP contribution in [0.5, 0.6) is 0 Å². The van der Waals surface area contributed by atoms with Gasteiger partial charge in [0.25, 0.3) is 0 Å². The first kappa shape index (κ1) is 12.9. The van der Waals surface area contributed by atoms with Gasteiger partial charge in [-0.2, -0.15) is 5.10 Å². The molecule has 0 aliphatic rings. The largest absolute Gasteiger partial charge is 0.459 e. The summed E-state index contributed by atoms with van der Waals surface area (Å²) in [5.74, 6) is 0.480. The predicted molar refractivity (Wildman–Crippen MR) is 74.9 cm³/mol. The summed E-state index contributed by atoms with van der Waals surface area (Å²) in [6, 6.07) is 8.20. The highest BCUT2D eigenvalue weighted by atomic mass is 19.1. The lowest BCUT2D eigenvalue weighted by Crippen LogP contribution is -2.22. The third-order valence-electron chi connectivity index (χ3n) is 3.22. The van der Waals surface area contributed by atoms with Crippen LogP contribution in [0, 0.1) is 5.82 Å². The van der Waals surface area contributed by atoms with Gasteiger partial charge < -0.3 is 9.73 Å². The van der Waals surface area contributed by atoms with Gasteiger partial charge in [-0.3, -0.25) is 4.68 Å². The lowest BCUT2D eigenvalue weighted by Gasteiger charge is -2.12. The summed E-state index contributed by atoms with van der Waals surface area (Å²) in [5, 5.41) is 8.52. The third kappa shape index (κ3) is 2.32. The molecular formula is C15H16FN3O. The monoisotopic (exact) mass is 273 g/mol. The number of nitrogens with zero attached hydrogens (tertiary/aromatic N) is 2. The van der Waals surface area contributed by atoms with E-state index in [1.54, 1.807) is 10.7 Å². The minimum atomic E-state index is -0.261. The van der Waals surface area contributed by atoms with Crippen LogP contribution in [0.25, 0.3) is 11.0 Å². The molecule has 2 aromatic heterocycles. The summed E-state index contributed by atoms with van der Waals surface area (Å²) in [7, 11) is 1.88. The van der Waals surface area contributed by atoms with Gasteiger partial charge in [-0.25, -0.2) is 4.39 Å². The van der Waals surface area contributed by atoms with Crippen molar-refractivity contribution in [3.63, 3.8) is 0 Å². The average Bonchev–Trinajstić information content (AvgIpc) is 3.01. The summed E-state index contributed by atoms with van der Waals surface area (Å²) in [4.78, 5) is 0. The van der Waals surface area contributed by atoms with Crippen molar-refractivity contribution in [2.45, 2.75) is 13.0 Å². The van der Waals surface area contributed by atoms with Crippen molar-refractivity contribution >= 4 is 11.0 Å². The number of aryl methyl sites for hydroxylation is 1. The van der Waals surface area contributed by atoms with E-state index in [2.05, 4.69) is 10.4 Å². The maximum absolute atomic E-state index is 13.2. The fourth-order valence-corrected chi connectivity index (χ4v) is 2.32. The van der Waals surface area contributed by atoms with E-state index in [4.69, 9.17) is 4.42 Å². The number of rotatable bonds is 4. The van der Waals surface area contributed by atoms with E-state index < -0.39 is 0 Å². The van der Waals surface area contributed by atoms with E-state index in [-0.39, 0.29) is 11.9 Å². The maximum Gasteiger partial charge on any atom is 0.134 e. The smallest absolute Gasteiger partial charge is 0.134 e. The van der Waals surface area contributed by atoms with Crippen molar-refractivity contribution in [1.29, 1.82) is 0 Å². The molecule has 5 heteroatoms. The average molecular weight is 273 g/mol. The molecule has 0 aliphatic carbocycles. The highest BCUT2D eigenvalue weighted by Crippen LogP contribution is 2.27. The molecule has 0 saturated carbocycles. The molecule has 3 aromatic rings. The molecule has 0 amide bonds. The summed E-state index contributed by atoms with van der Waals surface area (Å²) in [6.45, 7) is 2.81. The van der Waals surface area contributed by atoms with Crippen LogP contribution in [0.2, 0.25) is 0 Å². The van der Waals surface area contributed by atoms with Gasteiger partial charge in [0, 0.05) is 18.6 Å². The van der Waals surface area contributed by atoms with Gasteiger partial charge in [-0.15, -0.1) is 0 Å². The number of benzene rings is 1. The zero-order chi connectivity index (χ0) is 14.1. The van der Waals surface area contributed by atoms with Crippen LogP contribution < -0.4 is 5.32 Å². The zero-order valence-corrected chi connectivity index (χ0v) is 11.4. The fraction of sp³-hybridized carbons (Fsp3) is 0.267. The Bertz CT molecular complexity index is 732. The van der Waals surface area contributed by atoms with Crippen LogP contribution >= 0.6 is 0 Å². The molecule has 2 heterocycles. The normalized spacial score (nSPS) is 12.9. The number of halogens is 1. The van der Waals surface area contributed by atoms with Crippen molar-refractivity contribution in [3.05, 3.63) is 53.8 Å². The number of hydrogen-bond donors (Lipinski definition) is 1. The number of fused-ring (bicyclic) bond motifs is 1. The maximum atomic E-state index is 13.2. The predicted octanol–water partition coefficient (Wildman–Crippen LogP) is 3.00. The molecule has 0 saturated heterocycles. The Morgan fingerprint density at radius 3 is 2.90 bits per heavy atom. The molecule has 1 N–H and O–H groups in total. The first-order valence-corrected chi connectivity index (χ1v) is 6.59. The second-order valence-electron chi connectivity index (χ2n) is 4.74. The molecule has 1 atom stereocenters. The van der Waals surface area contributed by atoms with Gasteiger partial charge in [0.1, 0.15) is 23.2 Å². The lowest BCUT2D eigenvalue weighted by molar-refractivity contribution is 0.468. The van der Waals surface area contributed by atoms with Crippen molar-refractivity contribution in [1.82, 2.24) is 15.1 Å². The first-order valence-electron chi connectivity index (χ1n) is 6.59. The van der Waals surface area contributed by atoms with E-state index >= 15 is 0 Å². The molecular weight excluding hydrogens is 257 g/mol. The second kappa shape index (κ2) is 5.09. The Morgan fingerprint density at radius 2 is 2.20 bits per heavy atom. The van der Waals surface area contributed by atoms with Gasteiger partial charge in [0.2, 0.25) is 0 Å². The van der Waals surface area contributed by atoms with E-state index in [1.807, 2.05) is 32.3 Å². The Hall–Kier alpha value is -2.14. The standard InChI is InChI=1S/C15H16FN3O/c1-3-17-15(12-6-7-19(2)18-12)14-9-10-8-11(16)4-5-13(10)20-14/h4-9,15,17H,3H2,1-2H3. The molecule has 0 bridgehead atoms. The number of hydrogen-bond acceptors (Lipinski definition) is 3. The molecule has 1 aromatic carbocycles. The summed E-state index contributed by atoms with van der Waals surface area (Å²) < 4.78 is 20.8. The lowest BCUT2D eigenvalue weighted by atomic mass is 10.1. The van der Waals surface area contributed by atoms with E-state index in [0.717, 1.165) is 23.4 Å². The molecule has 0 fully saturated rings. The van der Waals surface area contributed by atoms with Gasteiger partial charge in [-0.05, 0) is 36.9 Å². The second-order valence-corrected chi connectivity index (χ2v) is 4.74. The minimum Gasteiger partial charge on any atom is -0.459 e. The quantitative estimate of drug-likeness (QED) is 0.794. The van der Waals surface area contributed by atoms with Crippen LogP contribution in [0.1, 0.15) is 24.4 Å². The highest BCUT2D eigenvalue weighted by Gasteiger charge is 2.20. The van der Waals surface area contributed by atoms with Crippen LogP contribution in [-0.2, 0) is 7.05 Å². The van der Waals surface area contributed by atoms with Gasteiger partial charge in [0.15, 0.2) is 0 Å². The topological polar surface area (TPSA) is 43.0 Å². The van der Waals surface area contributed by atoms with Crippen molar-refractivity contribution in [2.75, 3.05) is 6.54 Å². The van der Waals surface area contributed by atoms with E-state index in [9.17, 15) is 4.39 Å². The number of aromatic nitrogens is 2. The van der Waals surface area contributed by atoms with E-state index in [0.29, 0.717) is 5.58 Å². The molecule has 4 nitrogen and oxygen atoms in total. The van der Waals surface area contributed by atoms with Crippen molar-refractivity contribution in [2.24, 2.45) is 7.05 Å². The summed E-state index contributed by atoms with van der Waals surface area (Å²) >= 11 is 0. The van der Waals surface area contributed by atoms with E-state index in [1.165, 1.54) is 12.1 Å². The molecule has 0 radical (unpaired) electrons. The van der Waals surface area contributed by atoms with Crippen LogP contribution in [0.3, 0.4) is 0 Å². The van der Waals surface area contributed by atoms with Gasteiger partial charge >= 0.3 is 0 Å². The highest BCUT2D eigenvalue weighted by molar-refractivity contribution is 5.78. The minimum absolute atomic E-state index is 0.128. The van der Waals surface area contributed by atoms with Crippen LogP contribution in [-0.4, -0.2) is 16.3 Å². The Kier molecular flexibility index (Phi) is 3.28. The molecule has 1 unspecified atom stereocenters. The summed E-state index contributed by atoms with van der Waals surface area (Å²) in [6.07, 6.45) is 1.89. The molecule has 104 valence electrons. The Morgan fingerprint density at radius 1 is 1.35 bits per heavy atom. The Labute approximate surface area is 116 Å².